The first kappa shape index (κ1) is 20.2. The minimum atomic E-state index is -0.525. The Morgan fingerprint density at radius 1 is 1.07 bits per heavy atom. The molecule has 1 atom stereocenters. The van der Waals surface area contributed by atoms with Gasteiger partial charge in [-0.1, -0.05) is 0 Å². The number of halogens is 1. The lowest BCUT2D eigenvalue weighted by molar-refractivity contribution is 0.124. The lowest BCUT2D eigenvalue weighted by atomic mass is 9.93. The van der Waals surface area contributed by atoms with Crippen molar-refractivity contribution in [2.24, 2.45) is 5.92 Å². The maximum atomic E-state index is 14.2. The molecule has 1 fully saturated rings. The summed E-state index contributed by atoms with van der Waals surface area (Å²) in [6, 6.07) is 9.68. The van der Waals surface area contributed by atoms with E-state index in [1.165, 1.54) is 12.1 Å². The van der Waals surface area contributed by atoms with Crippen molar-refractivity contribution in [1.29, 1.82) is 0 Å². The maximum Gasteiger partial charge on any atom is 0.167 e. The minimum absolute atomic E-state index is 0.0572. The average molecular weight is 411 g/mol. The van der Waals surface area contributed by atoms with Crippen LogP contribution in [0.25, 0.3) is 10.9 Å². The van der Waals surface area contributed by atoms with Gasteiger partial charge in [-0.2, -0.15) is 0 Å². The number of benzene rings is 2. The molecule has 1 aliphatic heterocycles. The third-order valence-corrected chi connectivity index (χ3v) is 5.52. The molecule has 158 valence electrons. The molecular formula is C23H26FN3O3. The maximum absolute atomic E-state index is 14.2. The van der Waals surface area contributed by atoms with Crippen LogP contribution in [0, 0.1) is 11.7 Å². The fourth-order valence-corrected chi connectivity index (χ4v) is 3.80. The summed E-state index contributed by atoms with van der Waals surface area (Å²) in [7, 11) is 1.60. The topological polar surface area (TPSA) is 78.6 Å². The Labute approximate surface area is 175 Å². The van der Waals surface area contributed by atoms with Crippen LogP contribution in [-0.2, 0) is 0 Å². The number of hydrogen-bond donors (Lipinski definition) is 2. The molecule has 2 heterocycles. The Morgan fingerprint density at radius 2 is 1.87 bits per heavy atom. The van der Waals surface area contributed by atoms with Crippen molar-refractivity contribution in [3.63, 3.8) is 0 Å². The number of aromatic nitrogens is 1. The van der Waals surface area contributed by atoms with E-state index in [1.54, 1.807) is 25.4 Å². The first-order chi connectivity index (χ1) is 14.5. The Hall–Kier alpha value is -3.06. The SMILES string of the molecule is COc1cc2c(Oc3ccc(N)cc3F)ccnc2cc1OC(C)C1CCNCC1. The van der Waals surface area contributed by atoms with Crippen molar-refractivity contribution in [3.05, 3.63) is 48.4 Å². The van der Waals surface area contributed by atoms with Crippen LogP contribution in [0.5, 0.6) is 23.0 Å². The highest BCUT2D eigenvalue weighted by atomic mass is 19.1. The summed E-state index contributed by atoms with van der Waals surface area (Å²) < 4.78 is 31.9. The molecule has 0 saturated carbocycles. The molecule has 1 unspecified atom stereocenters. The van der Waals surface area contributed by atoms with Crippen molar-refractivity contribution in [1.82, 2.24) is 10.3 Å². The number of nitrogen functional groups attached to an aromatic ring is 1. The van der Waals surface area contributed by atoms with Gasteiger partial charge in [0.15, 0.2) is 23.1 Å². The highest BCUT2D eigenvalue weighted by molar-refractivity contribution is 5.88. The second-order valence-corrected chi connectivity index (χ2v) is 7.53. The number of nitrogens with one attached hydrogen (secondary N) is 1. The van der Waals surface area contributed by atoms with E-state index in [-0.39, 0.29) is 11.9 Å². The number of pyridine rings is 1. The minimum Gasteiger partial charge on any atom is -0.493 e. The summed E-state index contributed by atoms with van der Waals surface area (Å²) in [5.41, 5.74) is 6.64. The van der Waals surface area contributed by atoms with Gasteiger partial charge >= 0.3 is 0 Å². The molecule has 3 aromatic rings. The lowest BCUT2D eigenvalue weighted by Gasteiger charge is -2.29. The van der Waals surface area contributed by atoms with Crippen LogP contribution in [-0.4, -0.2) is 31.3 Å². The lowest BCUT2D eigenvalue weighted by Crippen LogP contribution is -2.35. The molecule has 6 nitrogen and oxygen atoms in total. The fraction of sp³-hybridized carbons (Fsp3) is 0.348. The molecule has 1 aromatic heterocycles. The number of anilines is 1. The number of nitrogens with two attached hydrogens (primary N) is 1. The van der Waals surface area contributed by atoms with Crippen LogP contribution in [0.15, 0.2) is 42.6 Å². The zero-order valence-corrected chi connectivity index (χ0v) is 17.2. The molecule has 1 aliphatic rings. The molecule has 0 bridgehead atoms. The van der Waals surface area contributed by atoms with Crippen LogP contribution in [0.3, 0.4) is 0 Å². The highest BCUT2D eigenvalue weighted by Crippen LogP contribution is 2.38. The van der Waals surface area contributed by atoms with Gasteiger partial charge < -0.3 is 25.3 Å². The van der Waals surface area contributed by atoms with Gasteiger partial charge in [-0.3, -0.25) is 4.98 Å². The summed E-state index contributed by atoms with van der Waals surface area (Å²) in [5.74, 6) is 1.75. The number of hydrogen-bond acceptors (Lipinski definition) is 6. The summed E-state index contributed by atoms with van der Waals surface area (Å²) in [6.45, 7) is 4.12. The molecule has 0 amide bonds. The van der Waals surface area contributed by atoms with E-state index in [1.807, 2.05) is 12.1 Å². The Balaban J connectivity index is 1.65. The highest BCUT2D eigenvalue weighted by Gasteiger charge is 2.23. The van der Waals surface area contributed by atoms with E-state index >= 15 is 0 Å². The van der Waals surface area contributed by atoms with Gasteiger partial charge in [-0.05, 0) is 63.0 Å². The second-order valence-electron chi connectivity index (χ2n) is 7.53. The standard InChI is InChI=1S/C23H26FN3O3/c1-14(15-5-8-26-9-6-15)29-23-13-19-17(12-22(23)28-2)20(7-10-27-19)30-21-4-3-16(25)11-18(21)24/h3-4,7,10-15,26H,5-6,8-9,25H2,1-2H3. The number of methoxy groups -OCH3 is 1. The predicted molar refractivity (Wildman–Crippen MR) is 115 cm³/mol. The molecule has 2 aromatic carbocycles. The van der Waals surface area contributed by atoms with Crippen LogP contribution in [0.2, 0.25) is 0 Å². The zero-order valence-electron chi connectivity index (χ0n) is 17.2. The van der Waals surface area contributed by atoms with Crippen LogP contribution in [0.4, 0.5) is 10.1 Å². The van der Waals surface area contributed by atoms with Gasteiger partial charge in [-0.25, -0.2) is 4.39 Å². The van der Waals surface area contributed by atoms with Crippen LogP contribution in [0.1, 0.15) is 19.8 Å². The van der Waals surface area contributed by atoms with Gasteiger partial charge in [0.05, 0.1) is 18.7 Å². The van der Waals surface area contributed by atoms with Gasteiger partial charge in [0.2, 0.25) is 0 Å². The second kappa shape index (κ2) is 8.75. The molecule has 0 spiro atoms. The first-order valence-electron chi connectivity index (χ1n) is 10.1. The molecule has 0 aliphatic carbocycles. The van der Waals surface area contributed by atoms with Gasteiger partial charge in [0.1, 0.15) is 5.75 Å². The quantitative estimate of drug-likeness (QED) is 0.581. The van der Waals surface area contributed by atoms with Crippen molar-refractivity contribution in [3.8, 4) is 23.0 Å². The monoisotopic (exact) mass is 411 g/mol. The van der Waals surface area contributed by atoms with E-state index in [9.17, 15) is 4.39 Å². The normalized spacial score (nSPS) is 15.7. The first-order valence-corrected chi connectivity index (χ1v) is 10.1. The van der Waals surface area contributed by atoms with Crippen molar-refractivity contribution < 1.29 is 18.6 Å². The predicted octanol–water partition coefficient (Wildman–Crippen LogP) is 4.52. The van der Waals surface area contributed by atoms with Crippen molar-refractivity contribution >= 4 is 16.6 Å². The van der Waals surface area contributed by atoms with E-state index in [4.69, 9.17) is 19.9 Å². The number of ether oxygens (including phenoxy) is 3. The molecule has 7 heteroatoms. The van der Waals surface area contributed by atoms with E-state index in [0.717, 1.165) is 25.9 Å². The largest absolute Gasteiger partial charge is 0.493 e. The average Bonchev–Trinajstić information content (AvgIpc) is 2.76. The molecule has 1 saturated heterocycles. The molecular weight excluding hydrogens is 385 g/mol. The molecule has 30 heavy (non-hydrogen) atoms. The summed E-state index contributed by atoms with van der Waals surface area (Å²) in [6.07, 6.45) is 3.85. The fourth-order valence-electron chi connectivity index (χ4n) is 3.80. The Morgan fingerprint density at radius 3 is 2.60 bits per heavy atom. The Kier molecular flexibility index (Phi) is 5.90. The zero-order chi connectivity index (χ0) is 21.1. The van der Waals surface area contributed by atoms with Gasteiger partial charge in [0, 0.05) is 29.4 Å². The van der Waals surface area contributed by atoms with E-state index < -0.39 is 5.82 Å². The van der Waals surface area contributed by atoms with Crippen LogP contribution < -0.4 is 25.3 Å². The summed E-state index contributed by atoms with van der Waals surface area (Å²) in [5, 5.41) is 4.08. The van der Waals surface area contributed by atoms with Crippen molar-refractivity contribution in [2.45, 2.75) is 25.9 Å². The molecule has 4 rings (SSSR count). The van der Waals surface area contributed by atoms with E-state index in [0.29, 0.717) is 39.8 Å². The summed E-state index contributed by atoms with van der Waals surface area (Å²) >= 11 is 0. The smallest absolute Gasteiger partial charge is 0.167 e. The van der Waals surface area contributed by atoms with Crippen molar-refractivity contribution in [2.75, 3.05) is 25.9 Å². The van der Waals surface area contributed by atoms with Gasteiger partial charge in [0.25, 0.3) is 0 Å². The molecule has 3 N–H and O–H groups in total. The number of piperidine rings is 1. The van der Waals surface area contributed by atoms with Gasteiger partial charge in [-0.15, -0.1) is 0 Å². The third-order valence-electron chi connectivity index (χ3n) is 5.52. The molecule has 0 radical (unpaired) electrons. The number of rotatable bonds is 6. The summed E-state index contributed by atoms with van der Waals surface area (Å²) in [4.78, 5) is 4.44. The Bertz CT molecular complexity index is 1040. The number of fused-ring (bicyclic) bond motifs is 1. The van der Waals surface area contributed by atoms with Crippen LogP contribution >= 0.6 is 0 Å². The third kappa shape index (κ3) is 4.26. The number of nitrogens with zero attached hydrogens (tertiary/aromatic N) is 1. The van der Waals surface area contributed by atoms with E-state index in [2.05, 4.69) is 17.2 Å².